The lowest BCUT2D eigenvalue weighted by Crippen LogP contribution is -2.49. The van der Waals surface area contributed by atoms with Gasteiger partial charge in [0.25, 0.3) is 0 Å². The summed E-state index contributed by atoms with van der Waals surface area (Å²) in [4.78, 5) is 0. The Hall–Kier alpha value is -0.870. The summed E-state index contributed by atoms with van der Waals surface area (Å²) in [6, 6.07) is 3.71. The molecule has 1 aromatic heterocycles. The van der Waals surface area contributed by atoms with Crippen LogP contribution in [-0.4, -0.2) is 36.0 Å². The van der Waals surface area contributed by atoms with Crippen LogP contribution in [0.15, 0.2) is 18.5 Å². The van der Waals surface area contributed by atoms with Crippen molar-refractivity contribution >= 4 is 0 Å². The van der Waals surface area contributed by atoms with E-state index in [0.717, 1.165) is 6.42 Å². The summed E-state index contributed by atoms with van der Waals surface area (Å²) in [6.07, 6.45) is 7.51. The predicted octanol–water partition coefficient (Wildman–Crippen LogP) is 0.784. The summed E-state index contributed by atoms with van der Waals surface area (Å²) in [7, 11) is 4.09. The Morgan fingerprint density at radius 1 is 1.20 bits per heavy atom. The lowest BCUT2D eigenvalue weighted by Gasteiger charge is -2.35. The summed E-state index contributed by atoms with van der Waals surface area (Å²) < 4.78 is 2.09. The third kappa shape index (κ3) is 2.21. The molecule has 1 aromatic rings. The van der Waals surface area contributed by atoms with Crippen LogP contribution in [0.3, 0.4) is 0 Å². The van der Waals surface area contributed by atoms with Crippen LogP contribution in [0.4, 0.5) is 0 Å². The minimum absolute atomic E-state index is 0.554. The van der Waals surface area contributed by atoms with Crippen molar-refractivity contribution in [2.75, 3.05) is 14.1 Å². The first-order chi connectivity index (χ1) is 7.35. The molecule has 1 heterocycles. The maximum absolute atomic E-state index is 4.33. The molecule has 2 rings (SSSR count). The molecular formula is C11H20N4. The van der Waals surface area contributed by atoms with Crippen molar-refractivity contribution in [3.05, 3.63) is 18.5 Å². The average molecular weight is 208 g/mol. The molecule has 0 amide bonds. The van der Waals surface area contributed by atoms with E-state index < -0.39 is 0 Å². The van der Waals surface area contributed by atoms with Gasteiger partial charge in [0.2, 0.25) is 0 Å². The zero-order valence-corrected chi connectivity index (χ0v) is 9.48. The van der Waals surface area contributed by atoms with E-state index in [0.29, 0.717) is 18.1 Å². The summed E-state index contributed by atoms with van der Waals surface area (Å²) >= 11 is 0. The number of hydrogen-bond acceptors (Lipinski definition) is 3. The second-order valence-electron chi connectivity index (χ2n) is 4.24. The van der Waals surface area contributed by atoms with E-state index in [2.05, 4.69) is 26.6 Å². The van der Waals surface area contributed by atoms with E-state index >= 15 is 0 Å². The summed E-state index contributed by atoms with van der Waals surface area (Å²) in [6.45, 7) is 0. The van der Waals surface area contributed by atoms with Gasteiger partial charge in [-0.15, -0.1) is 0 Å². The van der Waals surface area contributed by atoms with Crippen molar-refractivity contribution < 1.29 is 0 Å². The minimum Gasteiger partial charge on any atom is -0.315 e. The third-order valence-corrected chi connectivity index (χ3v) is 3.46. The molecule has 4 nitrogen and oxygen atoms in total. The van der Waals surface area contributed by atoms with E-state index in [1.165, 1.54) is 12.8 Å². The average Bonchev–Trinajstić information content (AvgIpc) is 2.81. The van der Waals surface area contributed by atoms with Gasteiger partial charge in [0.05, 0.1) is 6.04 Å². The predicted molar refractivity (Wildman–Crippen MR) is 60.8 cm³/mol. The van der Waals surface area contributed by atoms with Crippen LogP contribution in [-0.2, 0) is 0 Å². The topological polar surface area (TPSA) is 41.9 Å². The molecule has 4 heteroatoms. The van der Waals surface area contributed by atoms with Crippen LogP contribution in [0.1, 0.15) is 25.3 Å². The smallest absolute Gasteiger partial charge is 0.0535 e. The number of hydrogen-bond donors (Lipinski definition) is 2. The van der Waals surface area contributed by atoms with Gasteiger partial charge in [0, 0.05) is 24.5 Å². The molecule has 0 spiro atoms. The van der Waals surface area contributed by atoms with Crippen molar-refractivity contribution in [2.24, 2.45) is 0 Å². The first kappa shape index (κ1) is 10.6. The van der Waals surface area contributed by atoms with E-state index in [1.54, 1.807) is 0 Å². The largest absolute Gasteiger partial charge is 0.315 e. The first-order valence-corrected chi connectivity index (χ1v) is 5.68. The molecule has 0 radical (unpaired) electrons. The van der Waals surface area contributed by atoms with Crippen LogP contribution in [0.25, 0.3) is 0 Å². The van der Waals surface area contributed by atoms with E-state index in [9.17, 15) is 0 Å². The van der Waals surface area contributed by atoms with Crippen molar-refractivity contribution in [1.82, 2.24) is 20.4 Å². The summed E-state index contributed by atoms with van der Waals surface area (Å²) in [5, 5.41) is 11.1. The molecule has 1 aliphatic rings. The maximum atomic E-state index is 4.33. The molecule has 0 aromatic carbocycles. The molecule has 0 aliphatic heterocycles. The fourth-order valence-electron chi connectivity index (χ4n) is 2.55. The van der Waals surface area contributed by atoms with Crippen LogP contribution in [0.5, 0.6) is 0 Å². The molecular weight excluding hydrogens is 188 g/mol. The highest BCUT2D eigenvalue weighted by atomic mass is 15.3. The Kier molecular flexibility index (Phi) is 3.38. The molecule has 0 saturated heterocycles. The molecule has 1 aliphatic carbocycles. The zero-order chi connectivity index (χ0) is 10.7. The van der Waals surface area contributed by atoms with Gasteiger partial charge in [-0.3, -0.25) is 4.68 Å². The summed E-state index contributed by atoms with van der Waals surface area (Å²) in [5.41, 5.74) is 0. The number of likely N-dealkylation sites (N-methyl/N-ethyl adjacent to an activating group) is 2. The Bertz CT molecular complexity index is 283. The molecule has 1 fully saturated rings. The van der Waals surface area contributed by atoms with Crippen LogP contribution < -0.4 is 10.6 Å². The third-order valence-electron chi connectivity index (χ3n) is 3.46. The van der Waals surface area contributed by atoms with Gasteiger partial charge in [0.15, 0.2) is 0 Å². The van der Waals surface area contributed by atoms with Gasteiger partial charge in [0.1, 0.15) is 0 Å². The van der Waals surface area contributed by atoms with Crippen molar-refractivity contribution in [3.63, 3.8) is 0 Å². The lowest BCUT2D eigenvalue weighted by molar-refractivity contribution is 0.231. The fourth-order valence-corrected chi connectivity index (χ4v) is 2.55. The van der Waals surface area contributed by atoms with Crippen LogP contribution >= 0.6 is 0 Å². The number of nitrogens with zero attached hydrogens (tertiary/aromatic N) is 2. The molecule has 1 saturated carbocycles. The monoisotopic (exact) mass is 208 g/mol. The quantitative estimate of drug-likeness (QED) is 0.771. The van der Waals surface area contributed by atoms with Crippen molar-refractivity contribution in [1.29, 1.82) is 0 Å². The Morgan fingerprint density at radius 2 is 2.00 bits per heavy atom. The molecule has 3 atom stereocenters. The molecule has 84 valence electrons. The van der Waals surface area contributed by atoms with Gasteiger partial charge < -0.3 is 10.6 Å². The van der Waals surface area contributed by atoms with Crippen molar-refractivity contribution in [3.8, 4) is 0 Å². The second kappa shape index (κ2) is 4.77. The number of aromatic nitrogens is 2. The molecule has 3 unspecified atom stereocenters. The van der Waals surface area contributed by atoms with Gasteiger partial charge >= 0.3 is 0 Å². The standard InChI is InChI=1S/C11H20N4/c1-12-10-5-4-9(8-11(10)13-2)15-7-3-6-14-15/h3,6-7,9-13H,4-5,8H2,1-2H3. The van der Waals surface area contributed by atoms with Gasteiger partial charge in [-0.05, 0) is 39.4 Å². The highest BCUT2D eigenvalue weighted by molar-refractivity contribution is 4.92. The number of rotatable bonds is 3. The first-order valence-electron chi connectivity index (χ1n) is 5.68. The fraction of sp³-hybridized carbons (Fsp3) is 0.727. The Labute approximate surface area is 91.1 Å². The maximum Gasteiger partial charge on any atom is 0.0535 e. The molecule has 2 N–H and O–H groups in total. The van der Waals surface area contributed by atoms with E-state index in [4.69, 9.17) is 0 Å². The van der Waals surface area contributed by atoms with Crippen LogP contribution in [0, 0.1) is 0 Å². The highest BCUT2D eigenvalue weighted by Crippen LogP contribution is 2.27. The van der Waals surface area contributed by atoms with Crippen LogP contribution in [0.2, 0.25) is 0 Å². The Morgan fingerprint density at radius 3 is 2.60 bits per heavy atom. The van der Waals surface area contributed by atoms with E-state index in [1.807, 2.05) is 26.4 Å². The Balaban J connectivity index is 2.01. The molecule has 15 heavy (non-hydrogen) atoms. The number of nitrogens with one attached hydrogen (secondary N) is 2. The van der Waals surface area contributed by atoms with Gasteiger partial charge in [-0.1, -0.05) is 0 Å². The van der Waals surface area contributed by atoms with Gasteiger partial charge in [-0.25, -0.2) is 0 Å². The zero-order valence-electron chi connectivity index (χ0n) is 9.48. The molecule has 0 bridgehead atoms. The second-order valence-corrected chi connectivity index (χ2v) is 4.24. The normalized spacial score (nSPS) is 31.7. The minimum atomic E-state index is 0.554. The highest BCUT2D eigenvalue weighted by Gasteiger charge is 2.29. The van der Waals surface area contributed by atoms with Crippen molar-refractivity contribution in [2.45, 2.75) is 37.4 Å². The van der Waals surface area contributed by atoms with E-state index in [-0.39, 0.29) is 0 Å². The summed E-state index contributed by atoms with van der Waals surface area (Å²) in [5.74, 6) is 0. The SMILES string of the molecule is CNC1CCC(n2cccn2)CC1NC. The van der Waals surface area contributed by atoms with Gasteiger partial charge in [-0.2, -0.15) is 5.10 Å². The lowest BCUT2D eigenvalue weighted by atomic mass is 9.87.